The van der Waals surface area contributed by atoms with Gasteiger partial charge in [0.2, 0.25) is 0 Å². The fraction of sp³-hybridized carbons (Fsp3) is 0.741. The Hall–Kier alpha value is -1.33. The molecule has 1 rings (SSSR count). The normalized spacial score (nSPS) is 22.4. The average molecular weight is 563 g/mol. The number of hydrogen-bond donors (Lipinski definition) is 2. The largest absolute Gasteiger partial charge is 0.494 e. The van der Waals surface area contributed by atoms with Crippen molar-refractivity contribution in [3.8, 4) is 0 Å². The maximum absolute atomic E-state index is 12.5. The molecule has 1 amide bonds. The Morgan fingerprint density at radius 1 is 1.11 bits per heavy atom. The molecule has 1 aliphatic carbocycles. The molecule has 1 aliphatic rings. The van der Waals surface area contributed by atoms with Crippen molar-refractivity contribution in [1.82, 2.24) is 10.6 Å². The number of allylic oxidation sites excluding steroid dienone is 1. The van der Waals surface area contributed by atoms with Gasteiger partial charge in [0.05, 0.1) is 45.4 Å². The number of hydrogen-bond acceptors (Lipinski definition) is 8. The summed E-state index contributed by atoms with van der Waals surface area (Å²) in [6.07, 6.45) is 5.31. The van der Waals surface area contributed by atoms with Crippen molar-refractivity contribution in [3.05, 3.63) is 37.5 Å². The van der Waals surface area contributed by atoms with Gasteiger partial charge in [-0.2, -0.15) is 0 Å². The van der Waals surface area contributed by atoms with Crippen LogP contribution in [0.3, 0.4) is 0 Å². The van der Waals surface area contributed by atoms with Crippen LogP contribution in [0.15, 0.2) is 37.5 Å². The molecule has 0 aromatic rings. The molecule has 0 bridgehead atoms. The molecule has 8 nitrogen and oxygen atoms in total. The van der Waals surface area contributed by atoms with Gasteiger partial charge in [0.25, 0.3) is 5.24 Å². The molecule has 1 fully saturated rings. The van der Waals surface area contributed by atoms with Crippen LogP contribution in [0.1, 0.15) is 53.4 Å². The van der Waals surface area contributed by atoms with Gasteiger partial charge in [-0.15, -0.1) is 0 Å². The van der Waals surface area contributed by atoms with Gasteiger partial charge in [0.15, 0.2) is 5.88 Å². The Kier molecular flexibility index (Phi) is 14.5. The third kappa shape index (κ3) is 12.8. The predicted molar refractivity (Wildman–Crippen MR) is 156 cm³/mol. The summed E-state index contributed by atoms with van der Waals surface area (Å²) in [5, 5.41) is 6.61. The summed E-state index contributed by atoms with van der Waals surface area (Å²) in [6.45, 7) is 22.0. The van der Waals surface area contributed by atoms with Crippen LogP contribution in [0.5, 0.6) is 0 Å². The van der Waals surface area contributed by atoms with E-state index in [0.29, 0.717) is 42.9 Å². The van der Waals surface area contributed by atoms with Gasteiger partial charge >= 0.3 is 0 Å². The zero-order chi connectivity index (χ0) is 28.1. The maximum atomic E-state index is 12.5. The van der Waals surface area contributed by atoms with Crippen LogP contribution in [0, 0.1) is 16.7 Å². The van der Waals surface area contributed by atoms with Gasteiger partial charge in [0.1, 0.15) is 5.76 Å². The van der Waals surface area contributed by atoms with Gasteiger partial charge in [-0.25, -0.2) is 0 Å². The van der Waals surface area contributed by atoms with Gasteiger partial charge in [-0.1, -0.05) is 52.6 Å². The number of amides is 1. The second kappa shape index (κ2) is 15.9. The third-order valence-electron chi connectivity index (χ3n) is 6.32. The van der Waals surface area contributed by atoms with Crippen LogP contribution in [0.2, 0.25) is 0 Å². The van der Waals surface area contributed by atoms with Crippen molar-refractivity contribution >= 4 is 27.9 Å². The second-order valence-corrected chi connectivity index (χ2v) is 14.4. The van der Waals surface area contributed by atoms with E-state index < -0.39 is 10.9 Å². The molecule has 3 unspecified atom stereocenters. The van der Waals surface area contributed by atoms with E-state index >= 15 is 0 Å². The smallest absolute Gasteiger partial charge is 0.279 e. The fourth-order valence-corrected chi connectivity index (χ4v) is 7.17. The van der Waals surface area contributed by atoms with E-state index in [0.717, 1.165) is 25.7 Å². The standard InChI is InChI=1S/C27H50N2O6S2/c1-11-22(3)34-17-21(2)18-35-23(4)29-24-15-26(5,6)19-27(7,16-24)20-28-25(30)36-13-12-14-37(31-8,32-9)33-10/h11,21,24,29H,1,3-4,12-20H2,2,5-10H3,(H,28,30). The summed E-state index contributed by atoms with van der Waals surface area (Å²) < 4.78 is 27.5. The molecular weight excluding hydrogens is 512 g/mol. The van der Waals surface area contributed by atoms with E-state index in [1.807, 2.05) is 0 Å². The molecular formula is C27H50N2O6S2. The van der Waals surface area contributed by atoms with Crippen molar-refractivity contribution in [2.24, 2.45) is 16.7 Å². The number of rotatable bonds is 18. The highest BCUT2D eigenvalue weighted by Crippen LogP contribution is 2.50. The van der Waals surface area contributed by atoms with Crippen LogP contribution in [-0.4, -0.2) is 63.9 Å². The van der Waals surface area contributed by atoms with Crippen LogP contribution in [-0.2, 0) is 22.0 Å². The van der Waals surface area contributed by atoms with Crippen molar-refractivity contribution in [1.29, 1.82) is 0 Å². The van der Waals surface area contributed by atoms with Crippen LogP contribution in [0.25, 0.3) is 0 Å². The molecule has 37 heavy (non-hydrogen) atoms. The number of thioether (sulfide) groups is 1. The SMILES string of the molecule is C=CC(=C)OCC(C)COC(=C)NC1CC(C)(C)CC(C)(CNC(=O)SCCCS(OC)(OC)OC)C1. The lowest BCUT2D eigenvalue weighted by atomic mass is 9.62. The predicted octanol–water partition coefficient (Wildman–Crippen LogP) is 6.32. The number of nitrogens with one attached hydrogen (secondary N) is 2. The summed E-state index contributed by atoms with van der Waals surface area (Å²) >= 11 is 1.29. The van der Waals surface area contributed by atoms with Gasteiger partial charge in [-0.05, 0) is 49.2 Å². The lowest BCUT2D eigenvalue weighted by Crippen LogP contribution is -2.48. The molecule has 0 saturated heterocycles. The molecule has 216 valence electrons. The summed E-state index contributed by atoms with van der Waals surface area (Å²) in [4.78, 5) is 12.5. The van der Waals surface area contributed by atoms with Gasteiger partial charge in [0, 0.05) is 30.0 Å². The highest BCUT2D eigenvalue weighted by atomic mass is 32.3. The summed E-state index contributed by atoms with van der Waals surface area (Å²) in [6, 6.07) is 0.214. The third-order valence-corrected chi connectivity index (χ3v) is 9.54. The topological polar surface area (TPSA) is 87.3 Å². The summed E-state index contributed by atoms with van der Waals surface area (Å²) in [5.74, 6) is 2.61. The van der Waals surface area contributed by atoms with Crippen LogP contribution < -0.4 is 10.6 Å². The van der Waals surface area contributed by atoms with Crippen molar-refractivity contribution in [2.75, 3.05) is 52.6 Å². The van der Waals surface area contributed by atoms with Crippen LogP contribution >= 0.6 is 22.6 Å². The molecule has 0 heterocycles. The Morgan fingerprint density at radius 2 is 1.73 bits per heavy atom. The van der Waals surface area contributed by atoms with E-state index in [-0.39, 0.29) is 28.0 Å². The van der Waals surface area contributed by atoms with E-state index in [1.165, 1.54) is 11.8 Å². The quantitative estimate of drug-likeness (QED) is 0.114. The lowest BCUT2D eigenvalue weighted by Gasteiger charge is -2.47. The number of carbonyl (C=O) groups excluding carboxylic acids is 1. The summed E-state index contributed by atoms with van der Waals surface area (Å²) in [7, 11) is 2.76. The maximum Gasteiger partial charge on any atom is 0.279 e. The van der Waals surface area contributed by atoms with Gasteiger partial charge < -0.3 is 20.1 Å². The molecule has 0 aromatic carbocycles. The van der Waals surface area contributed by atoms with Crippen molar-refractivity contribution in [3.63, 3.8) is 0 Å². The average Bonchev–Trinajstić information content (AvgIpc) is 2.84. The van der Waals surface area contributed by atoms with E-state index in [9.17, 15) is 4.79 Å². The summed E-state index contributed by atoms with van der Waals surface area (Å²) in [5.41, 5.74) is 0.0884. The van der Waals surface area contributed by atoms with Crippen molar-refractivity contribution < 1.29 is 26.8 Å². The number of ether oxygens (including phenoxy) is 2. The molecule has 0 radical (unpaired) electrons. The van der Waals surface area contributed by atoms with Crippen molar-refractivity contribution in [2.45, 2.75) is 59.4 Å². The first-order chi connectivity index (χ1) is 17.3. The molecule has 0 aliphatic heterocycles. The fourth-order valence-electron chi connectivity index (χ4n) is 4.93. The lowest BCUT2D eigenvalue weighted by molar-refractivity contribution is 0.0580. The minimum atomic E-state index is -1.98. The van der Waals surface area contributed by atoms with Gasteiger partial charge in [-0.3, -0.25) is 17.3 Å². The van der Waals surface area contributed by atoms with E-state index in [2.05, 4.69) is 58.1 Å². The Balaban J connectivity index is 2.49. The first kappa shape index (κ1) is 33.7. The highest BCUT2D eigenvalue weighted by molar-refractivity contribution is 8.21. The first-order valence-corrected chi connectivity index (χ1v) is 15.3. The zero-order valence-electron chi connectivity index (χ0n) is 24.0. The van der Waals surface area contributed by atoms with E-state index in [4.69, 9.17) is 22.0 Å². The molecule has 0 spiro atoms. The van der Waals surface area contributed by atoms with Crippen LogP contribution in [0.4, 0.5) is 4.79 Å². The molecule has 0 aromatic heterocycles. The molecule has 2 N–H and O–H groups in total. The molecule has 10 heteroatoms. The molecule has 1 saturated carbocycles. The molecule has 3 atom stereocenters. The minimum absolute atomic E-state index is 0.00921. The Bertz CT molecular complexity index is 751. The zero-order valence-corrected chi connectivity index (χ0v) is 25.6. The Morgan fingerprint density at radius 3 is 2.32 bits per heavy atom. The second-order valence-electron chi connectivity index (χ2n) is 10.8. The minimum Gasteiger partial charge on any atom is -0.494 e. The van der Waals surface area contributed by atoms with E-state index in [1.54, 1.807) is 27.4 Å². The first-order valence-electron chi connectivity index (χ1n) is 12.7. The highest BCUT2D eigenvalue weighted by Gasteiger charge is 2.41. The Labute approximate surface area is 231 Å². The monoisotopic (exact) mass is 562 g/mol. The number of carbonyl (C=O) groups is 1.